The van der Waals surface area contributed by atoms with Gasteiger partial charge in [-0.1, -0.05) is 48.5 Å². The summed E-state index contributed by atoms with van der Waals surface area (Å²) in [5.74, 6) is 0.459. The molecule has 0 N–H and O–H groups in total. The van der Waals surface area contributed by atoms with Gasteiger partial charge in [0, 0.05) is 19.7 Å². The van der Waals surface area contributed by atoms with Gasteiger partial charge in [-0.05, 0) is 12.1 Å². The Balaban J connectivity index is 2.25. The van der Waals surface area contributed by atoms with Crippen LogP contribution in [0, 0.1) is 0 Å². The predicted octanol–water partition coefficient (Wildman–Crippen LogP) is 3.04. The van der Waals surface area contributed by atoms with Crippen LogP contribution >= 0.6 is 0 Å². The minimum atomic E-state index is -3.70. The number of anilines is 1. The van der Waals surface area contributed by atoms with E-state index in [1.165, 1.54) is 6.20 Å². The molecule has 3 aromatic rings. The molecule has 0 radical (unpaired) electrons. The van der Waals surface area contributed by atoms with Crippen LogP contribution in [0.5, 0.6) is 0 Å². The van der Waals surface area contributed by atoms with Crippen molar-refractivity contribution in [3.05, 3.63) is 66.9 Å². The molecule has 122 valence electrons. The average molecular weight is 339 g/mol. The molecule has 2 aromatic carbocycles. The third-order valence-electron chi connectivity index (χ3n) is 3.53. The van der Waals surface area contributed by atoms with Crippen molar-refractivity contribution in [3.8, 4) is 11.3 Å². The Morgan fingerprint density at radius 3 is 2.04 bits per heavy atom. The average Bonchev–Trinajstić information content (AvgIpc) is 2.62. The van der Waals surface area contributed by atoms with Crippen LogP contribution in [0.15, 0.2) is 76.7 Å². The van der Waals surface area contributed by atoms with Crippen molar-refractivity contribution in [1.82, 2.24) is 9.97 Å². The molecule has 0 aliphatic heterocycles. The summed E-state index contributed by atoms with van der Waals surface area (Å²) < 4.78 is 26.0. The lowest BCUT2D eigenvalue weighted by atomic mass is 10.1. The number of benzene rings is 2. The van der Waals surface area contributed by atoms with E-state index in [1.807, 2.05) is 44.4 Å². The summed E-state index contributed by atoms with van der Waals surface area (Å²) in [4.78, 5) is 10.7. The highest BCUT2D eigenvalue weighted by atomic mass is 32.2. The Labute approximate surface area is 141 Å². The number of sulfone groups is 1. The van der Waals surface area contributed by atoms with Crippen LogP contribution in [0.2, 0.25) is 0 Å². The van der Waals surface area contributed by atoms with Crippen molar-refractivity contribution >= 4 is 15.8 Å². The molecule has 0 saturated heterocycles. The molecule has 1 aromatic heterocycles. The monoisotopic (exact) mass is 339 g/mol. The smallest absolute Gasteiger partial charge is 0.225 e. The third kappa shape index (κ3) is 3.00. The van der Waals surface area contributed by atoms with Crippen LogP contribution in [0.3, 0.4) is 0 Å². The molecule has 3 rings (SSSR count). The highest BCUT2D eigenvalue weighted by molar-refractivity contribution is 7.91. The van der Waals surface area contributed by atoms with Crippen molar-refractivity contribution in [1.29, 1.82) is 0 Å². The standard InChI is InChI=1S/C18H17N3O2S/c1-21(2)18-19-13-16(17(20-18)14-9-5-3-6-10-14)24(22,23)15-11-7-4-8-12-15/h3-13H,1-2H3. The van der Waals surface area contributed by atoms with E-state index < -0.39 is 9.84 Å². The fourth-order valence-electron chi connectivity index (χ4n) is 2.30. The summed E-state index contributed by atoms with van der Waals surface area (Å²) in [5, 5.41) is 0. The fourth-order valence-corrected chi connectivity index (χ4v) is 3.68. The van der Waals surface area contributed by atoms with Gasteiger partial charge >= 0.3 is 0 Å². The van der Waals surface area contributed by atoms with E-state index in [0.29, 0.717) is 11.6 Å². The minimum absolute atomic E-state index is 0.102. The first kappa shape index (κ1) is 16.1. The topological polar surface area (TPSA) is 63.2 Å². The second-order valence-electron chi connectivity index (χ2n) is 5.46. The molecule has 1 heterocycles. The van der Waals surface area contributed by atoms with Crippen LogP contribution in [0.1, 0.15) is 0 Å². The van der Waals surface area contributed by atoms with E-state index in [-0.39, 0.29) is 9.79 Å². The Kier molecular flexibility index (Phi) is 4.31. The third-order valence-corrected chi connectivity index (χ3v) is 5.30. The van der Waals surface area contributed by atoms with Crippen molar-refractivity contribution in [2.24, 2.45) is 0 Å². The van der Waals surface area contributed by atoms with E-state index in [9.17, 15) is 8.42 Å². The van der Waals surface area contributed by atoms with E-state index in [0.717, 1.165) is 5.56 Å². The zero-order valence-electron chi connectivity index (χ0n) is 13.4. The van der Waals surface area contributed by atoms with E-state index in [1.54, 1.807) is 35.2 Å². The predicted molar refractivity (Wildman–Crippen MR) is 93.7 cm³/mol. The summed E-state index contributed by atoms with van der Waals surface area (Å²) in [7, 11) is -0.0738. The number of aromatic nitrogens is 2. The summed E-state index contributed by atoms with van der Waals surface area (Å²) in [6, 6.07) is 17.6. The second kappa shape index (κ2) is 6.41. The van der Waals surface area contributed by atoms with Gasteiger partial charge in [0.2, 0.25) is 15.8 Å². The maximum Gasteiger partial charge on any atom is 0.225 e. The minimum Gasteiger partial charge on any atom is -0.347 e. The summed E-state index contributed by atoms with van der Waals surface area (Å²) in [5.41, 5.74) is 1.13. The van der Waals surface area contributed by atoms with E-state index in [4.69, 9.17) is 0 Å². The van der Waals surface area contributed by atoms with Gasteiger partial charge in [-0.3, -0.25) is 0 Å². The maximum absolute atomic E-state index is 13.0. The Morgan fingerprint density at radius 1 is 0.875 bits per heavy atom. The molecule has 0 atom stereocenters. The lowest BCUT2D eigenvalue weighted by Gasteiger charge is -2.15. The van der Waals surface area contributed by atoms with Gasteiger partial charge in [0.25, 0.3) is 0 Å². The molecule has 0 amide bonds. The van der Waals surface area contributed by atoms with Crippen LogP contribution in [0.4, 0.5) is 5.95 Å². The number of nitrogens with zero attached hydrogens (tertiary/aromatic N) is 3. The van der Waals surface area contributed by atoms with Gasteiger partial charge in [-0.25, -0.2) is 18.4 Å². The SMILES string of the molecule is CN(C)c1ncc(S(=O)(=O)c2ccccc2)c(-c2ccccc2)n1. The van der Waals surface area contributed by atoms with Gasteiger partial charge in [-0.15, -0.1) is 0 Å². The number of hydrogen-bond donors (Lipinski definition) is 0. The summed E-state index contributed by atoms with van der Waals surface area (Å²) in [6.45, 7) is 0. The lowest BCUT2D eigenvalue weighted by molar-refractivity contribution is 0.595. The highest BCUT2D eigenvalue weighted by Gasteiger charge is 2.24. The van der Waals surface area contributed by atoms with Gasteiger partial charge in [-0.2, -0.15) is 0 Å². The molecule has 0 bridgehead atoms. The molecule has 0 fully saturated rings. The van der Waals surface area contributed by atoms with E-state index >= 15 is 0 Å². The zero-order chi connectivity index (χ0) is 17.2. The normalized spacial score (nSPS) is 11.2. The molecule has 0 aliphatic carbocycles. The largest absolute Gasteiger partial charge is 0.347 e. The molecule has 5 nitrogen and oxygen atoms in total. The van der Waals surface area contributed by atoms with Crippen molar-refractivity contribution in [3.63, 3.8) is 0 Å². The molecule has 0 saturated carbocycles. The van der Waals surface area contributed by atoms with E-state index in [2.05, 4.69) is 9.97 Å². The second-order valence-corrected chi connectivity index (χ2v) is 7.38. The zero-order valence-corrected chi connectivity index (χ0v) is 14.2. The molecule has 24 heavy (non-hydrogen) atoms. The molecule has 0 aliphatic rings. The Morgan fingerprint density at radius 2 is 1.46 bits per heavy atom. The van der Waals surface area contributed by atoms with Crippen molar-refractivity contribution < 1.29 is 8.42 Å². The summed E-state index contributed by atoms with van der Waals surface area (Å²) in [6.07, 6.45) is 1.38. The molecule has 0 spiro atoms. The number of hydrogen-bond acceptors (Lipinski definition) is 5. The van der Waals surface area contributed by atoms with Crippen molar-refractivity contribution in [2.45, 2.75) is 9.79 Å². The number of rotatable bonds is 4. The first-order chi connectivity index (χ1) is 11.5. The van der Waals surface area contributed by atoms with Gasteiger partial charge in [0.1, 0.15) is 4.90 Å². The fraction of sp³-hybridized carbons (Fsp3) is 0.111. The molecule has 0 unspecified atom stereocenters. The Hall–Kier alpha value is -2.73. The first-order valence-corrected chi connectivity index (χ1v) is 8.88. The molecular weight excluding hydrogens is 322 g/mol. The molecule has 6 heteroatoms. The maximum atomic E-state index is 13.0. The first-order valence-electron chi connectivity index (χ1n) is 7.40. The highest BCUT2D eigenvalue weighted by Crippen LogP contribution is 2.30. The molecular formula is C18H17N3O2S. The summed E-state index contributed by atoms with van der Waals surface area (Å²) >= 11 is 0. The van der Waals surface area contributed by atoms with Gasteiger partial charge in [0.15, 0.2) is 0 Å². The van der Waals surface area contributed by atoms with Crippen LogP contribution in [-0.4, -0.2) is 32.5 Å². The Bertz CT molecular complexity index is 941. The quantitative estimate of drug-likeness (QED) is 0.731. The van der Waals surface area contributed by atoms with Crippen molar-refractivity contribution in [2.75, 3.05) is 19.0 Å². The van der Waals surface area contributed by atoms with Gasteiger partial charge in [0.05, 0.1) is 16.8 Å². The lowest BCUT2D eigenvalue weighted by Crippen LogP contribution is -2.15. The van der Waals surface area contributed by atoms with Crippen LogP contribution < -0.4 is 4.90 Å². The van der Waals surface area contributed by atoms with Crippen LogP contribution in [0.25, 0.3) is 11.3 Å². The van der Waals surface area contributed by atoms with Crippen LogP contribution in [-0.2, 0) is 9.84 Å². The van der Waals surface area contributed by atoms with Gasteiger partial charge < -0.3 is 4.90 Å².